The molecule has 0 saturated carbocycles. The second-order valence-electron chi connectivity index (χ2n) is 28.3. The van der Waals surface area contributed by atoms with Crippen LogP contribution in [0.5, 0.6) is 17.2 Å². The van der Waals surface area contributed by atoms with Crippen LogP contribution >= 0.6 is 0 Å². The van der Waals surface area contributed by atoms with E-state index in [1.54, 1.807) is 55.1 Å². The van der Waals surface area contributed by atoms with Crippen LogP contribution in [0.2, 0.25) is 0 Å². The van der Waals surface area contributed by atoms with E-state index < -0.39 is 60.0 Å². The minimum atomic E-state index is -0.972. The molecule has 7 aromatic rings. The van der Waals surface area contributed by atoms with E-state index in [0.717, 1.165) is 101 Å². The average Bonchev–Trinajstić information content (AvgIpc) is 1.67. The molecule has 111 heavy (non-hydrogen) atoms. The molecular weight excluding hydrogens is 1430 g/mol. The first kappa shape index (κ1) is 81.3. The molecule has 31 nitrogen and oxygen atoms in total. The number of nitrogens with zero attached hydrogens (tertiary/aromatic N) is 7. The molecule has 4 aliphatic rings. The van der Waals surface area contributed by atoms with E-state index in [-0.39, 0.29) is 107 Å². The third kappa shape index (κ3) is 22.5. The van der Waals surface area contributed by atoms with Gasteiger partial charge in [0, 0.05) is 105 Å². The van der Waals surface area contributed by atoms with E-state index >= 15 is 0 Å². The highest BCUT2D eigenvalue weighted by molar-refractivity contribution is 6.13. The van der Waals surface area contributed by atoms with Crippen LogP contribution in [0.4, 0.5) is 21.9 Å². The molecular formula is C80H102N14O17. The zero-order valence-corrected chi connectivity index (χ0v) is 63.9. The molecule has 6 heterocycles. The van der Waals surface area contributed by atoms with Gasteiger partial charge in [-0.1, -0.05) is 32.9 Å². The molecule has 8 N–H and O–H groups in total. The molecule has 3 fully saturated rings. The van der Waals surface area contributed by atoms with Crippen molar-refractivity contribution >= 4 is 86.6 Å². The number of amides is 8. The number of rotatable bonds is 40. The summed E-state index contributed by atoms with van der Waals surface area (Å²) in [6.07, 6.45) is 3.88. The number of aromatic amines is 2. The Kier molecular flexibility index (Phi) is 29.1. The standard InChI is InChI=1S/C80H102N14O17/c1-51(2)73(89-70(96)25-35-104-38-40-106-42-43-107-41-39-105-36-26-82-69(95)24-27-92-71(97)22-23-72(92)98)77(100)83-53(4)76(99)84-57-15-10-54(11-16-57)50-111-80(102)93-32-37-110-79(93)66-44-52(3)49-94(66)78(101)60-47-67(103-6)68(48-61(60)81)109-34-9-7-8-33-108-59-18-12-55(13-19-59)74-85-62-20-14-56(45-64(62)87-74)75-86-63-21-17-58(46-65(63)88-75)91-30-28-90(5)29-31-91/h10-23,45-48,51-53,66,73,79H,7-9,24-44,49-50,81H2,1-6H3,(H,82,95)(H,83,100)(H,84,99)(H,85,87)(H,86,88)(H,89,96)/t52?,53-,66-,73-,79?/m0/s1. The molecule has 5 aromatic carbocycles. The van der Waals surface area contributed by atoms with Crippen LogP contribution in [0.15, 0.2) is 109 Å². The summed E-state index contributed by atoms with van der Waals surface area (Å²) >= 11 is 0. The van der Waals surface area contributed by atoms with Crippen molar-refractivity contribution in [2.45, 2.75) is 97.2 Å². The lowest BCUT2D eigenvalue weighted by Crippen LogP contribution is -2.53. The number of H-pyrrole nitrogens is 2. The molecule has 31 heteroatoms. The van der Waals surface area contributed by atoms with E-state index in [1.807, 2.05) is 43.3 Å². The number of methoxy groups -OCH3 is 1. The van der Waals surface area contributed by atoms with Crippen molar-refractivity contribution in [1.82, 2.24) is 55.5 Å². The Morgan fingerprint density at radius 2 is 1.29 bits per heavy atom. The number of carbonyl (C=O) groups is 8. The topological polar surface area (TPSA) is 367 Å². The lowest BCUT2D eigenvalue weighted by atomic mass is 10.0. The van der Waals surface area contributed by atoms with Crippen LogP contribution in [-0.2, 0) is 63.8 Å². The maximum Gasteiger partial charge on any atom is 0.412 e. The summed E-state index contributed by atoms with van der Waals surface area (Å²) in [4.78, 5) is 129. The van der Waals surface area contributed by atoms with Crippen molar-refractivity contribution in [3.8, 4) is 40.0 Å². The molecule has 3 saturated heterocycles. The van der Waals surface area contributed by atoms with Gasteiger partial charge in [0.1, 0.15) is 36.1 Å². The number of piperazine rings is 1. The number of nitrogens with two attached hydrogens (primary N) is 1. The van der Waals surface area contributed by atoms with Gasteiger partial charge in [-0.25, -0.2) is 14.8 Å². The first-order chi connectivity index (χ1) is 53.7. The number of hydrogen-bond donors (Lipinski definition) is 7. The highest BCUT2D eigenvalue weighted by atomic mass is 16.6. The fourth-order valence-corrected chi connectivity index (χ4v) is 13.4. The van der Waals surface area contributed by atoms with E-state index in [4.69, 9.17) is 58.3 Å². The van der Waals surface area contributed by atoms with Gasteiger partial charge in [0.25, 0.3) is 17.7 Å². The number of fused-ring (bicyclic) bond motifs is 2. The van der Waals surface area contributed by atoms with Gasteiger partial charge in [-0.15, -0.1) is 0 Å². The highest BCUT2D eigenvalue weighted by Gasteiger charge is 2.46. The highest BCUT2D eigenvalue weighted by Crippen LogP contribution is 2.38. The van der Waals surface area contributed by atoms with Crippen LogP contribution in [0.3, 0.4) is 0 Å². The predicted octanol–water partition coefficient (Wildman–Crippen LogP) is 7.06. The van der Waals surface area contributed by atoms with Gasteiger partial charge in [0.05, 0.1) is 120 Å². The molecule has 0 bridgehead atoms. The minimum Gasteiger partial charge on any atom is -0.494 e. The third-order valence-electron chi connectivity index (χ3n) is 19.6. The second kappa shape index (κ2) is 39.8. The Labute approximate surface area is 644 Å². The predicted molar refractivity (Wildman–Crippen MR) is 415 cm³/mol. The first-order valence-electron chi connectivity index (χ1n) is 38.0. The molecule has 11 rings (SSSR count). The average molecular weight is 1530 g/mol. The normalized spacial score (nSPS) is 17.1. The number of unbranched alkanes of at least 4 members (excludes halogenated alkanes) is 2. The first-order valence-corrected chi connectivity index (χ1v) is 38.0. The zero-order valence-electron chi connectivity index (χ0n) is 63.9. The molecule has 0 aliphatic carbocycles. The number of imide groups is 1. The number of ether oxygens (including phenoxy) is 9. The van der Waals surface area contributed by atoms with Gasteiger partial charge in [-0.3, -0.25) is 43.4 Å². The van der Waals surface area contributed by atoms with E-state index in [2.05, 4.69) is 72.3 Å². The molecule has 2 unspecified atom stereocenters. The number of nitrogen functional groups attached to an aromatic ring is 1. The monoisotopic (exact) mass is 1530 g/mol. The number of nitrogens with one attached hydrogen (secondary N) is 6. The maximum absolute atomic E-state index is 14.5. The van der Waals surface area contributed by atoms with Crippen LogP contribution in [0.25, 0.3) is 44.8 Å². The molecule has 594 valence electrons. The minimum absolute atomic E-state index is 0.00489. The molecule has 2 aromatic heterocycles. The lowest BCUT2D eigenvalue weighted by molar-refractivity contribution is -0.137. The van der Waals surface area contributed by atoms with Crippen LogP contribution in [0.1, 0.15) is 82.1 Å². The van der Waals surface area contributed by atoms with Crippen molar-refractivity contribution in [1.29, 1.82) is 0 Å². The summed E-state index contributed by atoms with van der Waals surface area (Å²) in [6.45, 7) is 15.3. The maximum atomic E-state index is 14.5. The Hall–Kier alpha value is -10.7. The van der Waals surface area contributed by atoms with Crippen molar-refractivity contribution in [3.63, 3.8) is 0 Å². The number of anilines is 3. The van der Waals surface area contributed by atoms with Gasteiger partial charge in [-0.2, -0.15) is 0 Å². The second-order valence-corrected chi connectivity index (χ2v) is 28.3. The third-order valence-corrected chi connectivity index (χ3v) is 19.6. The fraction of sp³-hybridized carbons (Fsp3) is 0.475. The number of benzene rings is 5. The fourth-order valence-electron chi connectivity index (χ4n) is 13.4. The summed E-state index contributed by atoms with van der Waals surface area (Å²) in [5, 5.41) is 10.9. The molecule has 0 radical (unpaired) electrons. The van der Waals surface area contributed by atoms with Gasteiger partial charge >= 0.3 is 6.09 Å². The summed E-state index contributed by atoms with van der Waals surface area (Å²) in [6, 6.07) is 28.0. The van der Waals surface area contributed by atoms with E-state index in [9.17, 15) is 38.4 Å². The number of likely N-dealkylation sites (tertiary alicyclic amines) is 1. The van der Waals surface area contributed by atoms with Crippen molar-refractivity contribution < 1.29 is 81.0 Å². The summed E-state index contributed by atoms with van der Waals surface area (Å²) < 4.78 is 52.0. The van der Waals surface area contributed by atoms with Crippen molar-refractivity contribution in [3.05, 3.63) is 120 Å². The molecule has 8 amide bonds. The molecule has 4 aliphatic heterocycles. The van der Waals surface area contributed by atoms with Crippen LogP contribution < -0.4 is 46.1 Å². The van der Waals surface area contributed by atoms with Gasteiger partial charge in [0.2, 0.25) is 23.6 Å². The smallest absolute Gasteiger partial charge is 0.412 e. The number of imidazole rings is 2. The van der Waals surface area contributed by atoms with Gasteiger partial charge < -0.3 is 94.3 Å². The summed E-state index contributed by atoms with van der Waals surface area (Å²) in [5.41, 5.74) is 15.0. The number of hydrogen-bond acceptors (Lipinski definition) is 22. The molecule has 0 spiro atoms. The quantitative estimate of drug-likeness (QED) is 0.0115. The van der Waals surface area contributed by atoms with Gasteiger partial charge in [0.15, 0.2) is 17.7 Å². The van der Waals surface area contributed by atoms with E-state index in [0.29, 0.717) is 75.4 Å². The number of carbonyl (C=O) groups excluding carboxylic acids is 8. The SMILES string of the molecule is COc1cc(C(=O)N2CC(C)C[C@H]2C2OCCN2C(=O)OCc2ccc(NC(=O)[C@H](C)NC(=O)[C@@H](NC(=O)CCOCCOCCOCCOCCNC(=O)CCN3C(=O)C=CC3=O)C(C)C)cc2)c(N)cc1OCCCCCOc1ccc(-c2nc3ccc(-c4nc5ccc(N6CCN(C)CC6)cc5[nH]4)cc3[nH]2)cc1. The van der Waals surface area contributed by atoms with Crippen molar-refractivity contribution in [2.75, 3.05) is 155 Å². The van der Waals surface area contributed by atoms with E-state index in [1.165, 1.54) is 36.8 Å². The summed E-state index contributed by atoms with van der Waals surface area (Å²) in [5.74, 6) is -0.0313. The number of aromatic nitrogens is 4. The van der Waals surface area contributed by atoms with Gasteiger partial charge in [-0.05, 0) is 136 Å². The Morgan fingerprint density at radius 1 is 0.649 bits per heavy atom. The largest absolute Gasteiger partial charge is 0.494 e. The van der Waals surface area contributed by atoms with Crippen molar-refractivity contribution in [2.24, 2.45) is 11.8 Å². The summed E-state index contributed by atoms with van der Waals surface area (Å²) in [7, 11) is 3.67. The number of likely N-dealkylation sites (N-methyl/N-ethyl adjacent to an activating group) is 1. The lowest BCUT2D eigenvalue weighted by Gasteiger charge is -2.34. The Morgan fingerprint density at radius 3 is 1.97 bits per heavy atom. The zero-order chi connectivity index (χ0) is 78.3. The van der Waals surface area contributed by atoms with Crippen LogP contribution in [0, 0.1) is 11.8 Å². The van der Waals surface area contributed by atoms with Crippen LogP contribution in [-0.4, -0.2) is 251 Å². The Bertz CT molecular complexity index is 4350. The molecule has 5 atom stereocenters. The Balaban J connectivity index is 0.541.